The molecule has 10 nitrogen and oxygen atoms in total. The Kier molecular flexibility index (Phi) is 5.92. The number of rotatable bonds is 7. The maximum absolute atomic E-state index is 12.5. The molecule has 0 spiro atoms. The van der Waals surface area contributed by atoms with E-state index in [4.69, 9.17) is 9.47 Å². The van der Waals surface area contributed by atoms with Crippen LogP contribution < -0.4 is 14.4 Å². The second-order valence-electron chi connectivity index (χ2n) is 6.84. The first-order valence-electron chi connectivity index (χ1n) is 10.1. The Labute approximate surface area is 174 Å². The zero-order valence-electron chi connectivity index (χ0n) is 17.2. The van der Waals surface area contributed by atoms with Crippen LogP contribution in [0.2, 0.25) is 0 Å². The lowest BCUT2D eigenvalue weighted by atomic mass is 10.3. The predicted molar refractivity (Wildman–Crippen MR) is 111 cm³/mol. The highest BCUT2D eigenvalue weighted by atomic mass is 16.5. The first kappa shape index (κ1) is 19.9. The zero-order valence-corrected chi connectivity index (χ0v) is 17.2. The van der Waals surface area contributed by atoms with Gasteiger partial charge in [0.1, 0.15) is 17.8 Å². The van der Waals surface area contributed by atoms with Gasteiger partial charge in [0.25, 0.3) is 5.91 Å². The lowest BCUT2D eigenvalue weighted by Crippen LogP contribution is -2.50. The molecule has 4 rings (SSSR count). The van der Waals surface area contributed by atoms with E-state index in [0.29, 0.717) is 50.6 Å². The third kappa shape index (κ3) is 4.12. The SMILES string of the molecule is CCOc1ccc(OCC(=O)N2CCN(c3ncnc4c3nnn4CC)CC2)cc1. The highest BCUT2D eigenvalue weighted by Gasteiger charge is 2.24. The topological polar surface area (TPSA) is 98.5 Å². The van der Waals surface area contributed by atoms with E-state index in [0.717, 1.165) is 17.2 Å². The highest BCUT2D eigenvalue weighted by Crippen LogP contribution is 2.22. The monoisotopic (exact) mass is 411 g/mol. The van der Waals surface area contributed by atoms with Gasteiger partial charge in [-0.15, -0.1) is 5.10 Å². The lowest BCUT2D eigenvalue weighted by molar-refractivity contribution is -0.133. The van der Waals surface area contributed by atoms with Crippen LogP contribution in [0.25, 0.3) is 11.2 Å². The normalized spacial score (nSPS) is 14.2. The number of ether oxygens (including phenoxy) is 2. The average molecular weight is 411 g/mol. The van der Waals surface area contributed by atoms with Crippen LogP contribution in [0.5, 0.6) is 11.5 Å². The summed E-state index contributed by atoms with van der Waals surface area (Å²) in [6, 6.07) is 7.28. The molecule has 3 aromatic rings. The Bertz CT molecular complexity index is 997. The van der Waals surface area contributed by atoms with Crippen molar-refractivity contribution in [1.82, 2.24) is 29.9 Å². The highest BCUT2D eigenvalue weighted by molar-refractivity contribution is 5.83. The molecule has 1 aromatic carbocycles. The van der Waals surface area contributed by atoms with Crippen molar-refractivity contribution in [3.05, 3.63) is 30.6 Å². The number of nitrogens with zero attached hydrogens (tertiary/aromatic N) is 7. The number of hydrogen-bond donors (Lipinski definition) is 0. The van der Waals surface area contributed by atoms with Gasteiger partial charge in [0.2, 0.25) is 0 Å². The number of fused-ring (bicyclic) bond motifs is 1. The number of carbonyl (C=O) groups is 1. The minimum absolute atomic E-state index is 0.0105. The van der Waals surface area contributed by atoms with E-state index < -0.39 is 0 Å². The van der Waals surface area contributed by atoms with E-state index in [-0.39, 0.29) is 12.5 Å². The standard InChI is InChI=1S/C20H25N7O3/c1-3-27-20-18(23-24-27)19(21-14-22-20)26-11-9-25(10-12-26)17(28)13-30-16-7-5-15(6-8-16)29-4-2/h5-8,14H,3-4,9-13H2,1-2H3. The quantitative estimate of drug-likeness (QED) is 0.575. The fourth-order valence-corrected chi connectivity index (χ4v) is 3.43. The summed E-state index contributed by atoms with van der Waals surface area (Å²) >= 11 is 0. The number of benzene rings is 1. The van der Waals surface area contributed by atoms with Crippen molar-refractivity contribution in [2.24, 2.45) is 0 Å². The van der Waals surface area contributed by atoms with Gasteiger partial charge < -0.3 is 19.3 Å². The molecule has 0 bridgehead atoms. The molecule has 0 aliphatic carbocycles. The van der Waals surface area contributed by atoms with Crippen molar-refractivity contribution in [3.8, 4) is 11.5 Å². The number of piperazine rings is 1. The molecule has 10 heteroatoms. The molecular formula is C20H25N7O3. The molecule has 0 N–H and O–H groups in total. The van der Waals surface area contributed by atoms with Crippen LogP contribution in [0.1, 0.15) is 13.8 Å². The number of hydrogen-bond acceptors (Lipinski definition) is 8. The Morgan fingerprint density at radius 3 is 2.37 bits per heavy atom. The summed E-state index contributed by atoms with van der Waals surface area (Å²) in [5.41, 5.74) is 1.42. The van der Waals surface area contributed by atoms with E-state index in [2.05, 4.69) is 25.2 Å². The van der Waals surface area contributed by atoms with Gasteiger partial charge in [0.05, 0.1) is 6.61 Å². The van der Waals surface area contributed by atoms with Gasteiger partial charge in [-0.2, -0.15) is 0 Å². The predicted octanol–water partition coefficient (Wildman–Crippen LogP) is 1.37. The van der Waals surface area contributed by atoms with Gasteiger partial charge >= 0.3 is 0 Å². The second kappa shape index (κ2) is 8.93. The summed E-state index contributed by atoms with van der Waals surface area (Å²) < 4.78 is 12.8. The minimum Gasteiger partial charge on any atom is -0.494 e. The zero-order chi connectivity index (χ0) is 20.9. The molecule has 1 aliphatic rings. The Morgan fingerprint density at radius 1 is 1.00 bits per heavy atom. The molecule has 2 aromatic heterocycles. The summed E-state index contributed by atoms with van der Waals surface area (Å²) in [5.74, 6) is 2.16. The first-order chi connectivity index (χ1) is 14.7. The Balaban J connectivity index is 1.32. The van der Waals surface area contributed by atoms with Crippen LogP contribution in [-0.4, -0.2) is 75.2 Å². The Hall–Kier alpha value is -3.43. The van der Waals surface area contributed by atoms with Gasteiger partial charge in [-0.1, -0.05) is 5.21 Å². The van der Waals surface area contributed by atoms with E-state index >= 15 is 0 Å². The fourth-order valence-electron chi connectivity index (χ4n) is 3.43. The van der Waals surface area contributed by atoms with Crippen LogP contribution in [0.4, 0.5) is 5.82 Å². The molecule has 1 fully saturated rings. The van der Waals surface area contributed by atoms with Crippen molar-refractivity contribution in [2.45, 2.75) is 20.4 Å². The van der Waals surface area contributed by atoms with E-state index in [9.17, 15) is 4.79 Å². The average Bonchev–Trinajstić information content (AvgIpc) is 3.22. The van der Waals surface area contributed by atoms with Crippen LogP contribution >= 0.6 is 0 Å². The van der Waals surface area contributed by atoms with Gasteiger partial charge in [-0.3, -0.25) is 4.79 Å². The van der Waals surface area contributed by atoms with Gasteiger partial charge in [0.15, 0.2) is 23.6 Å². The molecule has 1 amide bonds. The maximum atomic E-state index is 12.5. The summed E-state index contributed by atoms with van der Waals surface area (Å²) in [6.45, 7) is 7.78. The Morgan fingerprint density at radius 2 is 1.70 bits per heavy atom. The van der Waals surface area contributed by atoms with Crippen LogP contribution in [0.3, 0.4) is 0 Å². The number of anilines is 1. The molecule has 0 saturated carbocycles. The molecule has 3 heterocycles. The van der Waals surface area contributed by atoms with Crippen molar-refractivity contribution < 1.29 is 14.3 Å². The van der Waals surface area contributed by atoms with E-state index in [1.54, 1.807) is 16.8 Å². The number of amides is 1. The smallest absolute Gasteiger partial charge is 0.260 e. The molecule has 158 valence electrons. The maximum Gasteiger partial charge on any atom is 0.260 e. The first-order valence-corrected chi connectivity index (χ1v) is 10.1. The minimum atomic E-state index is -0.0340. The van der Waals surface area contributed by atoms with Crippen LogP contribution in [-0.2, 0) is 11.3 Å². The molecule has 0 unspecified atom stereocenters. The molecule has 1 saturated heterocycles. The number of aryl methyl sites for hydroxylation is 1. The molecule has 1 aliphatic heterocycles. The summed E-state index contributed by atoms with van der Waals surface area (Å²) in [5, 5.41) is 8.37. The third-order valence-electron chi connectivity index (χ3n) is 5.01. The lowest BCUT2D eigenvalue weighted by Gasteiger charge is -2.35. The van der Waals surface area contributed by atoms with Gasteiger partial charge in [-0.25, -0.2) is 14.6 Å². The summed E-state index contributed by atoms with van der Waals surface area (Å²) in [7, 11) is 0. The fraction of sp³-hybridized carbons (Fsp3) is 0.450. The van der Waals surface area contributed by atoms with Crippen LogP contribution in [0.15, 0.2) is 30.6 Å². The van der Waals surface area contributed by atoms with Gasteiger partial charge in [0, 0.05) is 32.7 Å². The van der Waals surface area contributed by atoms with Gasteiger partial charge in [-0.05, 0) is 38.1 Å². The molecular weight excluding hydrogens is 386 g/mol. The molecule has 0 atom stereocenters. The van der Waals surface area contributed by atoms with Crippen molar-refractivity contribution in [1.29, 1.82) is 0 Å². The summed E-state index contributed by atoms with van der Waals surface area (Å²) in [4.78, 5) is 25.2. The third-order valence-corrected chi connectivity index (χ3v) is 5.01. The number of aromatic nitrogens is 5. The van der Waals surface area contributed by atoms with Crippen molar-refractivity contribution >= 4 is 22.9 Å². The van der Waals surface area contributed by atoms with Crippen molar-refractivity contribution in [3.63, 3.8) is 0 Å². The van der Waals surface area contributed by atoms with Crippen LogP contribution in [0, 0.1) is 0 Å². The second-order valence-corrected chi connectivity index (χ2v) is 6.84. The van der Waals surface area contributed by atoms with E-state index in [1.807, 2.05) is 30.9 Å². The largest absolute Gasteiger partial charge is 0.494 e. The molecule has 0 radical (unpaired) electrons. The van der Waals surface area contributed by atoms with Crippen molar-refractivity contribution in [2.75, 3.05) is 44.3 Å². The summed E-state index contributed by atoms with van der Waals surface area (Å²) in [6.07, 6.45) is 1.54. The van der Waals surface area contributed by atoms with E-state index in [1.165, 1.54) is 6.33 Å². The number of carbonyl (C=O) groups excluding carboxylic acids is 1. The molecule has 30 heavy (non-hydrogen) atoms.